The Labute approximate surface area is 117 Å². The molecule has 19 heavy (non-hydrogen) atoms. The number of pyridine rings is 1. The van der Waals surface area contributed by atoms with Crippen LogP contribution in [-0.4, -0.2) is 29.0 Å². The number of nitrogens with two attached hydrogens (primary N) is 1. The van der Waals surface area contributed by atoms with E-state index in [-0.39, 0.29) is 0 Å². The molecule has 1 aliphatic rings. The lowest BCUT2D eigenvalue weighted by atomic mass is 9.83. The van der Waals surface area contributed by atoms with E-state index in [0.29, 0.717) is 6.04 Å². The summed E-state index contributed by atoms with van der Waals surface area (Å²) < 4.78 is 0. The van der Waals surface area contributed by atoms with Crippen molar-refractivity contribution in [1.82, 2.24) is 9.88 Å². The first-order chi connectivity index (χ1) is 9.35. The number of hydrogen-bond donors (Lipinski definition) is 1. The van der Waals surface area contributed by atoms with Crippen molar-refractivity contribution >= 4 is 0 Å². The van der Waals surface area contributed by atoms with Crippen molar-refractivity contribution in [3.05, 3.63) is 30.1 Å². The summed E-state index contributed by atoms with van der Waals surface area (Å²) in [4.78, 5) is 6.64. The molecule has 0 aliphatic heterocycles. The van der Waals surface area contributed by atoms with Crippen molar-refractivity contribution in [2.45, 2.75) is 51.6 Å². The molecule has 0 amide bonds. The minimum absolute atomic E-state index is 0.540. The second-order valence-electron chi connectivity index (χ2n) is 5.62. The van der Waals surface area contributed by atoms with Gasteiger partial charge in [-0.05, 0) is 43.0 Å². The lowest BCUT2D eigenvalue weighted by Gasteiger charge is -2.37. The topological polar surface area (TPSA) is 42.2 Å². The number of likely N-dealkylation sites (N-methyl/N-ethyl adjacent to an activating group) is 1. The van der Waals surface area contributed by atoms with Crippen molar-refractivity contribution in [3.8, 4) is 0 Å². The summed E-state index contributed by atoms with van der Waals surface area (Å²) in [6.07, 6.45) is 10.6. The molecule has 0 spiro atoms. The summed E-state index contributed by atoms with van der Waals surface area (Å²) in [5, 5.41) is 0. The zero-order valence-corrected chi connectivity index (χ0v) is 12.1. The van der Waals surface area contributed by atoms with Crippen LogP contribution in [0.1, 0.15) is 44.6 Å². The number of nitrogens with zero attached hydrogens (tertiary/aromatic N) is 2. The summed E-state index contributed by atoms with van der Waals surface area (Å²) in [7, 11) is 0. The molecule has 0 bridgehead atoms. The van der Waals surface area contributed by atoms with Gasteiger partial charge < -0.3 is 5.73 Å². The van der Waals surface area contributed by atoms with Crippen LogP contribution in [0.15, 0.2) is 24.5 Å². The van der Waals surface area contributed by atoms with Gasteiger partial charge in [0.15, 0.2) is 0 Å². The SMILES string of the molecule is CCN(Cc1ccncc1)C(CN)C1CCCCC1. The zero-order valence-electron chi connectivity index (χ0n) is 12.1. The fourth-order valence-corrected chi connectivity index (χ4v) is 3.34. The Hall–Kier alpha value is -0.930. The van der Waals surface area contributed by atoms with Crippen LogP contribution in [0.4, 0.5) is 0 Å². The van der Waals surface area contributed by atoms with Gasteiger partial charge in [0.2, 0.25) is 0 Å². The standard InChI is InChI=1S/C16H27N3/c1-2-19(13-14-8-10-18-11-9-14)16(12-17)15-6-4-3-5-7-15/h8-11,15-16H,2-7,12-13,17H2,1H3. The van der Waals surface area contributed by atoms with Gasteiger partial charge in [-0.1, -0.05) is 26.2 Å². The van der Waals surface area contributed by atoms with Gasteiger partial charge in [0.25, 0.3) is 0 Å². The Balaban J connectivity index is 2.01. The first kappa shape index (κ1) is 14.5. The molecule has 3 nitrogen and oxygen atoms in total. The average Bonchev–Trinajstić information content (AvgIpc) is 2.49. The van der Waals surface area contributed by atoms with E-state index in [1.165, 1.54) is 37.7 Å². The number of aromatic nitrogens is 1. The molecule has 1 aromatic heterocycles. The fraction of sp³-hybridized carbons (Fsp3) is 0.688. The van der Waals surface area contributed by atoms with E-state index in [9.17, 15) is 0 Å². The Morgan fingerprint density at radius 3 is 2.53 bits per heavy atom. The van der Waals surface area contributed by atoms with E-state index in [4.69, 9.17) is 5.73 Å². The molecule has 0 aromatic carbocycles. The molecule has 1 unspecified atom stereocenters. The third kappa shape index (κ3) is 4.02. The van der Waals surface area contributed by atoms with Gasteiger partial charge in [-0.15, -0.1) is 0 Å². The van der Waals surface area contributed by atoms with Gasteiger partial charge in [-0.3, -0.25) is 9.88 Å². The summed E-state index contributed by atoms with van der Waals surface area (Å²) in [5.41, 5.74) is 7.42. The molecule has 0 saturated heterocycles. The van der Waals surface area contributed by atoms with Crippen LogP contribution in [0.3, 0.4) is 0 Å². The summed E-state index contributed by atoms with van der Waals surface area (Å²) in [5.74, 6) is 0.792. The van der Waals surface area contributed by atoms with Crippen molar-refractivity contribution < 1.29 is 0 Å². The largest absolute Gasteiger partial charge is 0.329 e. The second kappa shape index (κ2) is 7.61. The molecule has 106 valence electrons. The second-order valence-corrected chi connectivity index (χ2v) is 5.62. The van der Waals surface area contributed by atoms with Crippen LogP contribution in [0.25, 0.3) is 0 Å². The lowest BCUT2D eigenvalue weighted by molar-refractivity contribution is 0.120. The van der Waals surface area contributed by atoms with E-state index < -0.39 is 0 Å². The van der Waals surface area contributed by atoms with Gasteiger partial charge in [0.05, 0.1) is 0 Å². The van der Waals surface area contributed by atoms with Crippen LogP contribution in [0.2, 0.25) is 0 Å². The Morgan fingerprint density at radius 2 is 1.95 bits per heavy atom. The molecule has 1 atom stereocenters. The van der Waals surface area contributed by atoms with Gasteiger partial charge in [0, 0.05) is 31.5 Å². The van der Waals surface area contributed by atoms with E-state index in [2.05, 4.69) is 28.9 Å². The highest BCUT2D eigenvalue weighted by Gasteiger charge is 2.26. The lowest BCUT2D eigenvalue weighted by Crippen LogP contribution is -2.45. The molecule has 2 rings (SSSR count). The maximum atomic E-state index is 6.08. The zero-order chi connectivity index (χ0) is 13.5. The van der Waals surface area contributed by atoms with E-state index in [1.54, 1.807) is 0 Å². The average molecular weight is 261 g/mol. The van der Waals surface area contributed by atoms with Crippen LogP contribution >= 0.6 is 0 Å². The molecule has 2 N–H and O–H groups in total. The maximum absolute atomic E-state index is 6.08. The molecule has 1 fully saturated rings. The van der Waals surface area contributed by atoms with Crippen LogP contribution in [-0.2, 0) is 6.54 Å². The fourth-order valence-electron chi connectivity index (χ4n) is 3.34. The van der Waals surface area contributed by atoms with Gasteiger partial charge in [-0.25, -0.2) is 0 Å². The van der Waals surface area contributed by atoms with Crippen molar-refractivity contribution in [2.24, 2.45) is 11.7 Å². The van der Waals surface area contributed by atoms with E-state index >= 15 is 0 Å². The quantitative estimate of drug-likeness (QED) is 0.856. The first-order valence-corrected chi connectivity index (χ1v) is 7.68. The molecule has 1 heterocycles. The molecule has 1 aliphatic carbocycles. The Bertz CT molecular complexity index is 346. The highest BCUT2D eigenvalue weighted by molar-refractivity contribution is 5.09. The van der Waals surface area contributed by atoms with Gasteiger partial charge in [-0.2, -0.15) is 0 Å². The highest BCUT2D eigenvalue weighted by Crippen LogP contribution is 2.29. The number of hydrogen-bond acceptors (Lipinski definition) is 3. The molecular weight excluding hydrogens is 234 g/mol. The summed E-state index contributed by atoms with van der Waals surface area (Å²) in [6.45, 7) is 5.09. The third-order valence-electron chi connectivity index (χ3n) is 4.45. The molecular formula is C16H27N3. The van der Waals surface area contributed by atoms with E-state index in [0.717, 1.165) is 25.6 Å². The maximum Gasteiger partial charge on any atom is 0.0271 e. The molecule has 0 radical (unpaired) electrons. The predicted octanol–water partition coefficient (Wildman–Crippen LogP) is 2.81. The monoisotopic (exact) mass is 261 g/mol. The third-order valence-corrected chi connectivity index (χ3v) is 4.45. The normalized spacial score (nSPS) is 18.7. The van der Waals surface area contributed by atoms with Gasteiger partial charge in [0.1, 0.15) is 0 Å². The highest BCUT2D eigenvalue weighted by atomic mass is 15.2. The molecule has 1 aromatic rings. The predicted molar refractivity (Wildman–Crippen MR) is 79.7 cm³/mol. The Morgan fingerprint density at radius 1 is 1.26 bits per heavy atom. The van der Waals surface area contributed by atoms with E-state index in [1.807, 2.05) is 12.4 Å². The summed E-state index contributed by atoms with van der Waals surface area (Å²) in [6, 6.07) is 4.76. The van der Waals surface area contributed by atoms with Crippen molar-refractivity contribution in [2.75, 3.05) is 13.1 Å². The van der Waals surface area contributed by atoms with Crippen molar-refractivity contribution in [3.63, 3.8) is 0 Å². The minimum atomic E-state index is 0.540. The number of rotatable bonds is 6. The minimum Gasteiger partial charge on any atom is -0.329 e. The summed E-state index contributed by atoms with van der Waals surface area (Å²) >= 11 is 0. The molecule has 3 heteroatoms. The van der Waals surface area contributed by atoms with Gasteiger partial charge >= 0.3 is 0 Å². The van der Waals surface area contributed by atoms with Crippen molar-refractivity contribution in [1.29, 1.82) is 0 Å². The first-order valence-electron chi connectivity index (χ1n) is 7.68. The Kier molecular flexibility index (Phi) is 5.80. The van der Waals surface area contributed by atoms with Crippen LogP contribution in [0.5, 0.6) is 0 Å². The van der Waals surface area contributed by atoms with Crippen LogP contribution in [0, 0.1) is 5.92 Å². The van der Waals surface area contributed by atoms with Crippen LogP contribution < -0.4 is 5.73 Å². The molecule has 1 saturated carbocycles. The smallest absolute Gasteiger partial charge is 0.0271 e.